The van der Waals surface area contributed by atoms with E-state index in [0.29, 0.717) is 17.2 Å². The molecule has 18 heavy (non-hydrogen) atoms. The van der Waals surface area contributed by atoms with Crippen molar-refractivity contribution in [1.82, 2.24) is 0 Å². The first-order valence-corrected chi connectivity index (χ1v) is 6.39. The molecule has 0 radical (unpaired) electrons. The maximum Gasteiger partial charge on any atom is 0.338 e. The van der Waals surface area contributed by atoms with Crippen molar-refractivity contribution in [3.63, 3.8) is 0 Å². The third-order valence-electron chi connectivity index (χ3n) is 2.94. The molecular formula is C15H23NO2. The molecule has 1 atom stereocenters. The Kier molecular flexibility index (Phi) is 4.76. The lowest BCUT2D eigenvalue weighted by Crippen LogP contribution is -2.18. The number of hydrogen-bond donors (Lipinski definition) is 1. The van der Waals surface area contributed by atoms with Crippen LogP contribution in [0.4, 0.5) is 5.69 Å². The van der Waals surface area contributed by atoms with Crippen LogP contribution in [0.15, 0.2) is 12.1 Å². The van der Waals surface area contributed by atoms with Crippen LogP contribution in [0.1, 0.15) is 48.7 Å². The van der Waals surface area contributed by atoms with Gasteiger partial charge in [0.05, 0.1) is 11.7 Å². The highest BCUT2D eigenvalue weighted by Crippen LogP contribution is 2.20. The van der Waals surface area contributed by atoms with E-state index in [4.69, 9.17) is 10.5 Å². The molecule has 0 heterocycles. The molecule has 1 unspecified atom stereocenters. The highest BCUT2D eigenvalue weighted by Gasteiger charge is 2.16. The SMILES string of the molecule is Cc1cc(C)c(C(=O)OC(C)CC(C)C)cc1N. The molecule has 0 saturated heterocycles. The van der Waals surface area contributed by atoms with Crippen molar-refractivity contribution in [2.24, 2.45) is 5.92 Å². The van der Waals surface area contributed by atoms with E-state index in [1.54, 1.807) is 6.07 Å². The fourth-order valence-electron chi connectivity index (χ4n) is 2.05. The number of aryl methyl sites for hydroxylation is 2. The van der Waals surface area contributed by atoms with Gasteiger partial charge in [-0.2, -0.15) is 0 Å². The molecule has 1 aromatic carbocycles. The minimum Gasteiger partial charge on any atom is -0.459 e. The fraction of sp³-hybridized carbons (Fsp3) is 0.533. The number of esters is 1. The summed E-state index contributed by atoms with van der Waals surface area (Å²) in [5.41, 5.74) is 8.91. The molecule has 3 heteroatoms. The van der Waals surface area contributed by atoms with E-state index >= 15 is 0 Å². The van der Waals surface area contributed by atoms with Crippen LogP contribution in [0.5, 0.6) is 0 Å². The summed E-state index contributed by atoms with van der Waals surface area (Å²) in [4.78, 5) is 12.0. The zero-order chi connectivity index (χ0) is 13.9. The van der Waals surface area contributed by atoms with Gasteiger partial charge >= 0.3 is 5.97 Å². The largest absolute Gasteiger partial charge is 0.459 e. The molecule has 100 valence electrons. The third-order valence-corrected chi connectivity index (χ3v) is 2.94. The molecule has 0 amide bonds. The lowest BCUT2D eigenvalue weighted by atomic mass is 10.0. The van der Waals surface area contributed by atoms with Gasteiger partial charge in [0.25, 0.3) is 0 Å². The van der Waals surface area contributed by atoms with E-state index in [1.807, 2.05) is 26.8 Å². The third kappa shape index (κ3) is 3.76. The van der Waals surface area contributed by atoms with E-state index in [-0.39, 0.29) is 12.1 Å². The quantitative estimate of drug-likeness (QED) is 0.656. The molecule has 0 saturated carbocycles. The first kappa shape index (κ1) is 14.6. The number of carbonyl (C=O) groups is 1. The average Bonchev–Trinajstić information content (AvgIpc) is 2.21. The molecule has 3 nitrogen and oxygen atoms in total. The first-order valence-electron chi connectivity index (χ1n) is 6.39. The minimum atomic E-state index is -0.285. The molecule has 0 spiro atoms. The summed E-state index contributed by atoms with van der Waals surface area (Å²) in [6.07, 6.45) is 0.797. The Morgan fingerprint density at radius 3 is 2.39 bits per heavy atom. The van der Waals surface area contributed by atoms with Gasteiger partial charge in [-0.1, -0.05) is 19.9 Å². The number of carbonyl (C=O) groups excluding carboxylic acids is 1. The van der Waals surface area contributed by atoms with Crippen LogP contribution in [0.2, 0.25) is 0 Å². The lowest BCUT2D eigenvalue weighted by Gasteiger charge is -2.16. The second kappa shape index (κ2) is 5.89. The summed E-state index contributed by atoms with van der Waals surface area (Å²) < 4.78 is 5.43. The molecule has 0 aliphatic heterocycles. The summed E-state index contributed by atoms with van der Waals surface area (Å²) >= 11 is 0. The second-order valence-electron chi connectivity index (χ2n) is 5.37. The summed E-state index contributed by atoms with van der Waals surface area (Å²) in [5.74, 6) is 0.226. The van der Waals surface area contributed by atoms with Crippen LogP contribution in [-0.4, -0.2) is 12.1 Å². The van der Waals surface area contributed by atoms with Crippen LogP contribution in [0, 0.1) is 19.8 Å². The Balaban J connectivity index is 2.82. The van der Waals surface area contributed by atoms with Crippen molar-refractivity contribution in [2.75, 3.05) is 5.73 Å². The highest BCUT2D eigenvalue weighted by atomic mass is 16.5. The number of ether oxygens (including phenoxy) is 1. The van der Waals surface area contributed by atoms with Gasteiger partial charge in [-0.25, -0.2) is 4.79 Å². The van der Waals surface area contributed by atoms with Crippen LogP contribution in [0.3, 0.4) is 0 Å². The lowest BCUT2D eigenvalue weighted by molar-refractivity contribution is 0.0299. The van der Waals surface area contributed by atoms with Gasteiger partial charge in [0.1, 0.15) is 0 Å². The minimum absolute atomic E-state index is 0.0700. The molecule has 0 bridgehead atoms. The Morgan fingerprint density at radius 2 is 1.83 bits per heavy atom. The van der Waals surface area contributed by atoms with Crippen LogP contribution < -0.4 is 5.73 Å². The Hall–Kier alpha value is -1.51. The van der Waals surface area contributed by atoms with Gasteiger partial charge in [0, 0.05) is 5.69 Å². The molecule has 0 aliphatic carbocycles. The van der Waals surface area contributed by atoms with Crippen molar-refractivity contribution in [3.8, 4) is 0 Å². The maximum atomic E-state index is 12.0. The van der Waals surface area contributed by atoms with Gasteiger partial charge in [-0.05, 0) is 50.3 Å². The number of nitrogens with two attached hydrogens (primary N) is 1. The van der Waals surface area contributed by atoms with Crippen LogP contribution >= 0.6 is 0 Å². The van der Waals surface area contributed by atoms with E-state index < -0.39 is 0 Å². The molecule has 1 aromatic rings. The van der Waals surface area contributed by atoms with Crippen molar-refractivity contribution in [3.05, 3.63) is 28.8 Å². The molecule has 0 aliphatic rings. The summed E-state index contributed by atoms with van der Waals surface area (Å²) in [5, 5.41) is 0. The molecule has 0 aromatic heterocycles. The first-order chi connectivity index (χ1) is 8.31. The second-order valence-corrected chi connectivity index (χ2v) is 5.37. The van der Waals surface area contributed by atoms with E-state index in [0.717, 1.165) is 17.5 Å². The Morgan fingerprint density at radius 1 is 1.22 bits per heavy atom. The molecular weight excluding hydrogens is 226 g/mol. The standard InChI is InChI=1S/C15H23NO2/c1-9(2)6-12(5)18-15(17)13-8-14(16)11(4)7-10(13)3/h7-9,12H,6,16H2,1-5H3. The molecule has 0 fully saturated rings. The summed E-state index contributed by atoms with van der Waals surface area (Å²) in [7, 11) is 0. The van der Waals surface area contributed by atoms with E-state index in [2.05, 4.69) is 13.8 Å². The summed E-state index contributed by atoms with van der Waals surface area (Å²) in [6.45, 7) is 9.97. The van der Waals surface area contributed by atoms with Gasteiger partial charge in [0.15, 0.2) is 0 Å². The number of anilines is 1. The van der Waals surface area contributed by atoms with Crippen molar-refractivity contribution >= 4 is 11.7 Å². The average molecular weight is 249 g/mol. The predicted octanol–water partition coefficient (Wildman–Crippen LogP) is 3.48. The normalized spacial score (nSPS) is 12.6. The van der Waals surface area contributed by atoms with Crippen molar-refractivity contribution in [1.29, 1.82) is 0 Å². The monoisotopic (exact) mass is 249 g/mol. The maximum absolute atomic E-state index is 12.0. The number of hydrogen-bond acceptors (Lipinski definition) is 3. The van der Waals surface area contributed by atoms with Gasteiger partial charge in [-0.15, -0.1) is 0 Å². The Bertz CT molecular complexity index is 438. The summed E-state index contributed by atoms with van der Waals surface area (Å²) in [6, 6.07) is 3.62. The van der Waals surface area contributed by atoms with Crippen LogP contribution in [0.25, 0.3) is 0 Å². The highest BCUT2D eigenvalue weighted by molar-refractivity contribution is 5.92. The molecule has 2 N–H and O–H groups in total. The van der Waals surface area contributed by atoms with Gasteiger partial charge in [0.2, 0.25) is 0 Å². The molecule has 1 rings (SSSR count). The zero-order valence-corrected chi connectivity index (χ0v) is 11.9. The van der Waals surface area contributed by atoms with Gasteiger partial charge < -0.3 is 10.5 Å². The zero-order valence-electron chi connectivity index (χ0n) is 11.9. The van der Waals surface area contributed by atoms with E-state index in [9.17, 15) is 4.79 Å². The Labute approximate surface area is 109 Å². The van der Waals surface area contributed by atoms with E-state index in [1.165, 1.54) is 0 Å². The number of rotatable bonds is 4. The number of nitrogen functional groups attached to an aromatic ring is 1. The van der Waals surface area contributed by atoms with Crippen molar-refractivity contribution < 1.29 is 9.53 Å². The van der Waals surface area contributed by atoms with Crippen LogP contribution in [-0.2, 0) is 4.74 Å². The van der Waals surface area contributed by atoms with Gasteiger partial charge in [-0.3, -0.25) is 0 Å². The topological polar surface area (TPSA) is 52.3 Å². The number of benzene rings is 1. The smallest absolute Gasteiger partial charge is 0.338 e. The van der Waals surface area contributed by atoms with Crippen molar-refractivity contribution in [2.45, 2.75) is 47.1 Å². The predicted molar refractivity (Wildman–Crippen MR) is 74.7 cm³/mol. The fourth-order valence-corrected chi connectivity index (χ4v) is 2.05.